The normalized spacial score (nSPS) is 19.0. The number of benzene rings is 2. The maximum atomic E-state index is 10.9. The first kappa shape index (κ1) is 19.6. The number of aliphatic carboxylic acids is 2. The van der Waals surface area contributed by atoms with Gasteiger partial charge in [0.05, 0.1) is 0 Å². The molecule has 0 fully saturated rings. The van der Waals surface area contributed by atoms with Crippen LogP contribution in [0.25, 0.3) is 12.2 Å². The van der Waals surface area contributed by atoms with E-state index in [2.05, 4.69) is 12.1 Å². The van der Waals surface area contributed by atoms with Crippen molar-refractivity contribution in [3.05, 3.63) is 80.9 Å². The number of rotatable bonds is 2. The summed E-state index contributed by atoms with van der Waals surface area (Å²) in [5.41, 5.74) is 7.67. The second-order valence-electron chi connectivity index (χ2n) is 7.52. The Balaban J connectivity index is 0.000000161. The van der Waals surface area contributed by atoms with E-state index in [1.807, 2.05) is 52.0 Å². The quantitative estimate of drug-likeness (QED) is 0.759. The van der Waals surface area contributed by atoms with E-state index in [1.54, 1.807) is 12.2 Å². The molecule has 0 aliphatic heterocycles. The van der Waals surface area contributed by atoms with Gasteiger partial charge >= 0.3 is 11.9 Å². The Morgan fingerprint density at radius 2 is 1.07 bits per heavy atom. The first-order valence-corrected chi connectivity index (χ1v) is 9.30. The lowest BCUT2D eigenvalue weighted by Gasteiger charge is -2.07. The Bertz CT molecular complexity index is 943. The smallest absolute Gasteiger partial charge is 0.332 e. The minimum Gasteiger partial charge on any atom is -0.478 e. The van der Waals surface area contributed by atoms with Crippen molar-refractivity contribution < 1.29 is 19.8 Å². The van der Waals surface area contributed by atoms with E-state index in [0.29, 0.717) is 11.1 Å². The van der Waals surface area contributed by atoms with E-state index in [9.17, 15) is 9.59 Å². The molecule has 2 N–H and O–H groups in total. The number of aryl methyl sites for hydroxylation is 2. The number of carboxylic acids is 2. The third kappa shape index (κ3) is 3.63. The molecule has 0 amide bonds. The molecule has 0 spiro atoms. The van der Waals surface area contributed by atoms with Crippen LogP contribution in [0.1, 0.15) is 59.1 Å². The van der Waals surface area contributed by atoms with Gasteiger partial charge in [0.15, 0.2) is 0 Å². The molecule has 2 aromatic rings. The summed E-state index contributed by atoms with van der Waals surface area (Å²) in [5, 5.41) is 17.9. The van der Waals surface area contributed by atoms with Gasteiger partial charge in [-0.05, 0) is 48.3 Å². The molecule has 2 aliphatic rings. The van der Waals surface area contributed by atoms with Crippen molar-refractivity contribution in [1.82, 2.24) is 0 Å². The fourth-order valence-corrected chi connectivity index (χ4v) is 3.82. The zero-order chi connectivity index (χ0) is 20.6. The zero-order valence-corrected chi connectivity index (χ0v) is 16.5. The number of carboxylic acid groups (broad SMARTS) is 2. The van der Waals surface area contributed by atoms with Gasteiger partial charge in [0, 0.05) is 23.0 Å². The Morgan fingerprint density at radius 3 is 1.39 bits per heavy atom. The van der Waals surface area contributed by atoms with Gasteiger partial charge in [0.2, 0.25) is 0 Å². The highest BCUT2D eigenvalue weighted by molar-refractivity contribution is 5.97. The SMILES string of the molecule is Cc1ccc2c(c1)C(C)C(C(=O)O)=C2.Cc1ccc2c(c1)C(C)C(C(=O)O)=C2. The number of fused-ring (bicyclic) bond motifs is 2. The highest BCUT2D eigenvalue weighted by atomic mass is 16.4. The molecule has 2 aromatic carbocycles. The number of hydrogen-bond acceptors (Lipinski definition) is 2. The summed E-state index contributed by atoms with van der Waals surface area (Å²) in [4.78, 5) is 21.8. The average molecular weight is 376 g/mol. The van der Waals surface area contributed by atoms with Crippen LogP contribution in [0.15, 0.2) is 47.5 Å². The standard InChI is InChI=1S/2C12H12O2/c2*1-7-3-4-9-6-11(12(13)14)8(2)10(9)5-7/h2*3-6,8H,1-2H3,(H,13,14). The summed E-state index contributed by atoms with van der Waals surface area (Å²) in [7, 11) is 0. The predicted molar refractivity (Wildman–Crippen MR) is 110 cm³/mol. The molecular formula is C24H24O4. The third-order valence-electron chi connectivity index (χ3n) is 5.47. The fraction of sp³-hybridized carbons (Fsp3) is 0.250. The molecular weight excluding hydrogens is 352 g/mol. The Kier molecular flexibility index (Phi) is 5.23. The number of carbonyl (C=O) groups is 2. The summed E-state index contributed by atoms with van der Waals surface area (Å²) in [6.07, 6.45) is 3.53. The van der Waals surface area contributed by atoms with Gasteiger partial charge < -0.3 is 10.2 Å². The molecule has 0 saturated carbocycles. The van der Waals surface area contributed by atoms with Crippen LogP contribution >= 0.6 is 0 Å². The molecule has 4 rings (SSSR count). The molecule has 2 atom stereocenters. The van der Waals surface area contributed by atoms with Crippen molar-refractivity contribution in [3.63, 3.8) is 0 Å². The summed E-state index contributed by atoms with van der Waals surface area (Å²) in [6.45, 7) is 7.91. The highest BCUT2D eigenvalue weighted by Crippen LogP contribution is 2.37. The van der Waals surface area contributed by atoms with Gasteiger partial charge in [-0.2, -0.15) is 0 Å². The van der Waals surface area contributed by atoms with Crippen molar-refractivity contribution in [3.8, 4) is 0 Å². The van der Waals surface area contributed by atoms with Gasteiger partial charge in [-0.15, -0.1) is 0 Å². The minimum absolute atomic E-state index is 0.0161. The molecule has 0 radical (unpaired) electrons. The summed E-state index contributed by atoms with van der Waals surface area (Å²) in [6, 6.07) is 12.1. The van der Waals surface area contributed by atoms with Crippen molar-refractivity contribution in [2.75, 3.05) is 0 Å². The van der Waals surface area contributed by atoms with Crippen molar-refractivity contribution >= 4 is 24.1 Å². The van der Waals surface area contributed by atoms with Gasteiger partial charge in [0.1, 0.15) is 0 Å². The topological polar surface area (TPSA) is 74.6 Å². The second-order valence-corrected chi connectivity index (χ2v) is 7.52. The zero-order valence-electron chi connectivity index (χ0n) is 16.5. The van der Waals surface area contributed by atoms with E-state index in [4.69, 9.17) is 10.2 Å². The van der Waals surface area contributed by atoms with E-state index < -0.39 is 11.9 Å². The van der Waals surface area contributed by atoms with Crippen LogP contribution < -0.4 is 0 Å². The van der Waals surface area contributed by atoms with E-state index in [0.717, 1.165) is 22.3 Å². The highest BCUT2D eigenvalue weighted by Gasteiger charge is 2.26. The Hall–Kier alpha value is -3.14. The van der Waals surface area contributed by atoms with Crippen molar-refractivity contribution in [2.24, 2.45) is 0 Å². The van der Waals surface area contributed by atoms with Crippen LogP contribution in [0.2, 0.25) is 0 Å². The maximum absolute atomic E-state index is 10.9. The largest absolute Gasteiger partial charge is 0.478 e. The minimum atomic E-state index is -0.814. The van der Waals surface area contributed by atoms with Gasteiger partial charge in [-0.25, -0.2) is 9.59 Å². The molecule has 4 heteroatoms. The summed E-state index contributed by atoms with van der Waals surface area (Å²) < 4.78 is 0. The molecule has 0 bridgehead atoms. The fourth-order valence-electron chi connectivity index (χ4n) is 3.82. The second kappa shape index (κ2) is 7.47. The summed E-state index contributed by atoms with van der Waals surface area (Å²) in [5.74, 6) is -1.59. The molecule has 4 nitrogen and oxygen atoms in total. The Labute approximate surface area is 164 Å². The van der Waals surface area contributed by atoms with Gasteiger partial charge in [-0.1, -0.05) is 61.4 Å². The first-order chi connectivity index (χ1) is 13.2. The lowest BCUT2D eigenvalue weighted by Crippen LogP contribution is -2.04. The number of hydrogen-bond donors (Lipinski definition) is 2. The lowest BCUT2D eigenvalue weighted by atomic mass is 9.97. The molecule has 2 unspecified atom stereocenters. The van der Waals surface area contributed by atoms with E-state index >= 15 is 0 Å². The molecule has 0 heterocycles. The molecule has 0 aromatic heterocycles. The van der Waals surface area contributed by atoms with Crippen LogP contribution in [0.4, 0.5) is 0 Å². The van der Waals surface area contributed by atoms with E-state index in [1.165, 1.54) is 11.1 Å². The Morgan fingerprint density at radius 1 is 0.714 bits per heavy atom. The first-order valence-electron chi connectivity index (χ1n) is 9.30. The maximum Gasteiger partial charge on any atom is 0.332 e. The van der Waals surface area contributed by atoms with Crippen molar-refractivity contribution in [2.45, 2.75) is 39.5 Å². The average Bonchev–Trinajstić information content (AvgIpc) is 3.14. The monoisotopic (exact) mass is 376 g/mol. The molecule has 144 valence electrons. The summed E-state index contributed by atoms with van der Waals surface area (Å²) >= 11 is 0. The van der Waals surface area contributed by atoms with Crippen LogP contribution in [-0.4, -0.2) is 22.2 Å². The molecule has 28 heavy (non-hydrogen) atoms. The van der Waals surface area contributed by atoms with Gasteiger partial charge in [0.25, 0.3) is 0 Å². The molecule has 0 saturated heterocycles. The third-order valence-corrected chi connectivity index (χ3v) is 5.47. The molecule has 2 aliphatic carbocycles. The lowest BCUT2D eigenvalue weighted by molar-refractivity contribution is -0.133. The van der Waals surface area contributed by atoms with Crippen LogP contribution in [0.5, 0.6) is 0 Å². The van der Waals surface area contributed by atoms with Crippen LogP contribution in [0.3, 0.4) is 0 Å². The van der Waals surface area contributed by atoms with E-state index in [-0.39, 0.29) is 11.8 Å². The van der Waals surface area contributed by atoms with Crippen molar-refractivity contribution in [1.29, 1.82) is 0 Å². The van der Waals surface area contributed by atoms with Crippen LogP contribution in [-0.2, 0) is 9.59 Å². The predicted octanol–water partition coefficient (Wildman–Crippen LogP) is 5.16. The van der Waals surface area contributed by atoms with Gasteiger partial charge in [-0.3, -0.25) is 0 Å². The van der Waals surface area contributed by atoms with Crippen LogP contribution in [0, 0.1) is 13.8 Å².